The van der Waals surface area contributed by atoms with E-state index in [1.165, 1.54) is 17.4 Å². The van der Waals surface area contributed by atoms with E-state index in [1.54, 1.807) is 6.07 Å². The molecule has 1 N–H and O–H groups in total. The Morgan fingerprint density at radius 3 is 2.89 bits per heavy atom. The lowest BCUT2D eigenvalue weighted by molar-refractivity contribution is -0.136. The number of hydrogen-bond donors (Lipinski definition) is 1. The molecule has 2 heterocycles. The van der Waals surface area contributed by atoms with Gasteiger partial charge in [0.05, 0.1) is 19.1 Å². The van der Waals surface area contributed by atoms with Gasteiger partial charge in [0.2, 0.25) is 0 Å². The SMILES string of the molecule is CN(C1CCOC1)S(=O)(=O)c1ccc(CC(=O)O)s1. The van der Waals surface area contributed by atoms with Crippen molar-refractivity contribution in [3.05, 3.63) is 17.0 Å². The molecule has 0 aromatic carbocycles. The van der Waals surface area contributed by atoms with Crippen molar-refractivity contribution in [1.29, 1.82) is 0 Å². The molecule has 106 valence electrons. The monoisotopic (exact) mass is 305 g/mol. The Hall–Kier alpha value is -0.960. The lowest BCUT2D eigenvalue weighted by Gasteiger charge is -2.21. The first-order valence-corrected chi connectivity index (χ1v) is 8.03. The van der Waals surface area contributed by atoms with Crippen molar-refractivity contribution < 1.29 is 23.1 Å². The Labute approximate surface area is 115 Å². The zero-order valence-corrected chi connectivity index (χ0v) is 12.0. The minimum Gasteiger partial charge on any atom is -0.481 e. The van der Waals surface area contributed by atoms with Gasteiger partial charge in [-0.1, -0.05) is 0 Å². The number of hydrogen-bond acceptors (Lipinski definition) is 5. The number of carboxylic acid groups (broad SMARTS) is 1. The summed E-state index contributed by atoms with van der Waals surface area (Å²) in [7, 11) is -2.03. The summed E-state index contributed by atoms with van der Waals surface area (Å²) in [5, 5.41) is 8.69. The van der Waals surface area contributed by atoms with E-state index >= 15 is 0 Å². The molecule has 2 rings (SSSR count). The molecule has 0 radical (unpaired) electrons. The van der Waals surface area contributed by atoms with Gasteiger partial charge in [-0.15, -0.1) is 11.3 Å². The van der Waals surface area contributed by atoms with Crippen molar-refractivity contribution in [1.82, 2.24) is 4.31 Å². The minimum absolute atomic E-state index is 0.143. The highest BCUT2D eigenvalue weighted by molar-refractivity contribution is 7.91. The average molecular weight is 305 g/mol. The largest absolute Gasteiger partial charge is 0.481 e. The van der Waals surface area contributed by atoms with Gasteiger partial charge in [0.25, 0.3) is 10.0 Å². The second-order valence-corrected chi connectivity index (χ2v) is 7.72. The fourth-order valence-electron chi connectivity index (χ4n) is 1.89. The Morgan fingerprint density at radius 1 is 1.58 bits per heavy atom. The van der Waals surface area contributed by atoms with Gasteiger partial charge in [0, 0.05) is 18.5 Å². The molecule has 8 heteroatoms. The predicted molar refractivity (Wildman–Crippen MR) is 69.8 cm³/mol. The van der Waals surface area contributed by atoms with Crippen molar-refractivity contribution >= 4 is 27.3 Å². The molecule has 1 unspecified atom stereocenters. The van der Waals surface area contributed by atoms with E-state index in [4.69, 9.17) is 9.84 Å². The number of rotatable bonds is 5. The molecule has 6 nitrogen and oxygen atoms in total. The second-order valence-electron chi connectivity index (χ2n) is 4.33. The maximum atomic E-state index is 12.4. The van der Waals surface area contributed by atoms with Gasteiger partial charge in [-0.3, -0.25) is 4.79 Å². The Balaban J connectivity index is 2.18. The van der Waals surface area contributed by atoms with Gasteiger partial charge in [0.1, 0.15) is 4.21 Å². The highest BCUT2D eigenvalue weighted by atomic mass is 32.2. The van der Waals surface area contributed by atoms with Gasteiger partial charge >= 0.3 is 5.97 Å². The third-order valence-electron chi connectivity index (χ3n) is 3.02. The fourth-order valence-corrected chi connectivity index (χ4v) is 4.79. The fraction of sp³-hybridized carbons (Fsp3) is 0.545. The van der Waals surface area contributed by atoms with Crippen LogP contribution in [-0.2, 0) is 26.0 Å². The maximum Gasteiger partial charge on any atom is 0.308 e. The summed E-state index contributed by atoms with van der Waals surface area (Å²) in [6.45, 7) is 0.975. The number of nitrogens with zero attached hydrogens (tertiary/aromatic N) is 1. The number of thiophene rings is 1. The van der Waals surface area contributed by atoms with Gasteiger partial charge in [-0.25, -0.2) is 8.42 Å². The van der Waals surface area contributed by atoms with Crippen LogP contribution in [0.15, 0.2) is 16.3 Å². The summed E-state index contributed by atoms with van der Waals surface area (Å²) in [6, 6.07) is 2.87. The van der Waals surface area contributed by atoms with Crippen LogP contribution in [0.3, 0.4) is 0 Å². The third-order valence-corrected chi connectivity index (χ3v) is 6.48. The highest BCUT2D eigenvalue weighted by Crippen LogP contribution is 2.27. The van der Waals surface area contributed by atoms with E-state index in [2.05, 4.69) is 0 Å². The van der Waals surface area contributed by atoms with Crippen molar-refractivity contribution in [2.24, 2.45) is 0 Å². The first-order valence-electron chi connectivity index (χ1n) is 5.77. The quantitative estimate of drug-likeness (QED) is 0.869. The minimum atomic E-state index is -3.56. The molecular formula is C11H15NO5S2. The van der Waals surface area contributed by atoms with E-state index in [0.29, 0.717) is 24.5 Å². The number of likely N-dealkylation sites (N-methyl/N-ethyl adjacent to an activating group) is 1. The molecule has 1 fully saturated rings. The molecule has 19 heavy (non-hydrogen) atoms. The average Bonchev–Trinajstić information content (AvgIpc) is 2.96. The number of ether oxygens (including phenoxy) is 1. The number of carbonyl (C=O) groups is 1. The van der Waals surface area contributed by atoms with Crippen molar-refractivity contribution in [3.63, 3.8) is 0 Å². The van der Waals surface area contributed by atoms with Crippen LogP contribution in [0.2, 0.25) is 0 Å². The maximum absolute atomic E-state index is 12.4. The highest BCUT2D eigenvalue weighted by Gasteiger charge is 2.31. The zero-order chi connectivity index (χ0) is 14.0. The van der Waals surface area contributed by atoms with Gasteiger partial charge in [0.15, 0.2) is 0 Å². The summed E-state index contributed by atoms with van der Waals surface area (Å²) in [5.74, 6) is -0.969. The van der Waals surface area contributed by atoms with Crippen LogP contribution in [-0.4, -0.2) is 50.1 Å². The first kappa shape index (κ1) is 14.4. The molecule has 1 aromatic rings. The Bertz CT molecular complexity index is 559. The van der Waals surface area contributed by atoms with Gasteiger partial charge in [-0.2, -0.15) is 4.31 Å². The van der Waals surface area contributed by atoms with E-state index in [-0.39, 0.29) is 16.7 Å². The lowest BCUT2D eigenvalue weighted by Crippen LogP contribution is -2.36. The summed E-state index contributed by atoms with van der Waals surface area (Å²) in [4.78, 5) is 11.1. The van der Waals surface area contributed by atoms with Crippen LogP contribution in [0.25, 0.3) is 0 Å². The van der Waals surface area contributed by atoms with Crippen LogP contribution >= 0.6 is 11.3 Å². The molecule has 1 aromatic heterocycles. The van der Waals surface area contributed by atoms with E-state index < -0.39 is 16.0 Å². The van der Waals surface area contributed by atoms with Crippen LogP contribution in [0.5, 0.6) is 0 Å². The number of aliphatic carboxylic acids is 1. The molecule has 1 aliphatic heterocycles. The smallest absolute Gasteiger partial charge is 0.308 e. The van der Waals surface area contributed by atoms with E-state index in [9.17, 15) is 13.2 Å². The molecule has 1 saturated heterocycles. The van der Waals surface area contributed by atoms with Crippen LogP contribution in [0.4, 0.5) is 0 Å². The van der Waals surface area contributed by atoms with Crippen molar-refractivity contribution in [2.75, 3.05) is 20.3 Å². The van der Waals surface area contributed by atoms with Crippen molar-refractivity contribution in [3.8, 4) is 0 Å². The molecule has 1 atom stereocenters. The Kier molecular flexibility index (Phi) is 4.24. The van der Waals surface area contributed by atoms with E-state index in [1.807, 2.05) is 0 Å². The predicted octanol–water partition coefficient (Wildman–Crippen LogP) is 0.785. The van der Waals surface area contributed by atoms with Crippen LogP contribution in [0, 0.1) is 0 Å². The second kappa shape index (κ2) is 5.58. The lowest BCUT2D eigenvalue weighted by atomic mass is 10.3. The van der Waals surface area contributed by atoms with Gasteiger partial charge < -0.3 is 9.84 Å². The molecule has 0 saturated carbocycles. The Morgan fingerprint density at radius 2 is 2.32 bits per heavy atom. The first-order chi connectivity index (χ1) is 8.91. The summed E-state index contributed by atoms with van der Waals surface area (Å²) >= 11 is 1.00. The number of carboxylic acids is 1. The number of sulfonamides is 1. The summed E-state index contributed by atoms with van der Waals surface area (Å²) < 4.78 is 31.4. The standard InChI is InChI=1S/C11H15NO5S2/c1-12(8-4-5-17-7-8)19(15,16)11-3-2-9(18-11)6-10(13)14/h2-3,8H,4-7H2,1H3,(H,13,14). The molecule has 0 spiro atoms. The van der Waals surface area contributed by atoms with E-state index in [0.717, 1.165) is 11.3 Å². The third kappa shape index (κ3) is 3.14. The van der Waals surface area contributed by atoms with Crippen LogP contribution < -0.4 is 0 Å². The topological polar surface area (TPSA) is 83.9 Å². The summed E-state index contributed by atoms with van der Waals surface area (Å²) in [6.07, 6.45) is 0.527. The normalized spacial score (nSPS) is 20.0. The molecule has 0 amide bonds. The summed E-state index contributed by atoms with van der Waals surface area (Å²) in [5.41, 5.74) is 0. The molecule has 0 bridgehead atoms. The van der Waals surface area contributed by atoms with Crippen LogP contribution in [0.1, 0.15) is 11.3 Å². The molecular weight excluding hydrogens is 290 g/mol. The zero-order valence-electron chi connectivity index (χ0n) is 10.4. The van der Waals surface area contributed by atoms with Crippen molar-refractivity contribution in [2.45, 2.75) is 23.1 Å². The molecule has 1 aliphatic rings. The molecule has 0 aliphatic carbocycles. The van der Waals surface area contributed by atoms with Gasteiger partial charge in [-0.05, 0) is 18.6 Å².